The zero-order chi connectivity index (χ0) is 16.7. The zero-order valence-corrected chi connectivity index (χ0v) is 14.8. The van der Waals surface area contributed by atoms with E-state index in [0.29, 0.717) is 29.3 Å². The van der Waals surface area contributed by atoms with Gasteiger partial charge in [0.05, 0.1) is 5.69 Å². The maximum absolute atomic E-state index is 12.7. The second-order valence-corrected chi connectivity index (χ2v) is 6.60. The second kappa shape index (κ2) is 5.99. The third kappa shape index (κ3) is 2.70. The first-order valence-corrected chi connectivity index (χ1v) is 8.42. The van der Waals surface area contributed by atoms with E-state index in [1.807, 2.05) is 42.5 Å². The van der Waals surface area contributed by atoms with Crippen LogP contribution in [0.4, 0.5) is 5.69 Å². The van der Waals surface area contributed by atoms with Crippen LogP contribution in [0.1, 0.15) is 5.56 Å². The van der Waals surface area contributed by atoms with E-state index in [9.17, 15) is 4.79 Å². The summed E-state index contributed by atoms with van der Waals surface area (Å²) >= 11 is 8.64. The van der Waals surface area contributed by atoms with Gasteiger partial charge < -0.3 is 9.47 Å². The lowest BCUT2D eigenvalue weighted by atomic mass is 10.1. The highest BCUT2D eigenvalue weighted by Gasteiger charge is 2.31. The van der Waals surface area contributed by atoms with Gasteiger partial charge in [-0.15, -0.1) is 0 Å². The molecule has 0 bridgehead atoms. The summed E-state index contributed by atoms with van der Waals surface area (Å²) in [6.07, 6.45) is 0.392. The highest BCUT2D eigenvalue weighted by molar-refractivity contribution is 9.10. The van der Waals surface area contributed by atoms with Gasteiger partial charge in [-0.3, -0.25) is 9.69 Å². The molecule has 0 saturated heterocycles. The molecular weight excluding hydrogens is 392 g/mol. The largest absolute Gasteiger partial charge is 0.454 e. The Kier molecular flexibility index (Phi) is 3.82. The van der Waals surface area contributed by atoms with Crippen LogP contribution in [0.25, 0.3) is 0 Å². The number of hydrogen-bond acceptors (Lipinski definition) is 4. The van der Waals surface area contributed by atoms with E-state index in [1.165, 1.54) is 4.90 Å². The van der Waals surface area contributed by atoms with Crippen molar-refractivity contribution in [3.05, 3.63) is 52.5 Å². The van der Waals surface area contributed by atoms with Crippen molar-refractivity contribution in [1.82, 2.24) is 0 Å². The van der Waals surface area contributed by atoms with E-state index in [4.69, 9.17) is 21.7 Å². The van der Waals surface area contributed by atoms with Crippen LogP contribution in [-0.4, -0.2) is 23.5 Å². The fraction of sp³-hybridized carbons (Fsp3) is 0.118. The molecule has 0 saturated carbocycles. The number of ether oxygens (including phenoxy) is 2. The summed E-state index contributed by atoms with van der Waals surface area (Å²) in [6.45, 7) is 0.222. The number of rotatable bonds is 3. The minimum atomic E-state index is -0.194. The normalized spacial score (nSPS) is 15.9. The lowest BCUT2D eigenvalue weighted by Gasteiger charge is -2.15. The first-order valence-electron chi connectivity index (χ1n) is 7.22. The first kappa shape index (κ1) is 15.3. The van der Waals surface area contributed by atoms with Crippen molar-refractivity contribution < 1.29 is 14.3 Å². The average molecular weight is 403 g/mol. The number of thiocarbonyl (C=S) groups is 1. The predicted octanol–water partition coefficient (Wildman–Crippen LogP) is 3.49. The van der Waals surface area contributed by atoms with Gasteiger partial charge in [0.1, 0.15) is 5.71 Å². The Hall–Kier alpha value is -2.25. The number of halogens is 1. The fourth-order valence-electron chi connectivity index (χ4n) is 2.61. The highest BCUT2D eigenvalue weighted by atomic mass is 79.9. The molecule has 2 aromatic rings. The summed E-state index contributed by atoms with van der Waals surface area (Å²) in [5, 5.41) is 0.262. The lowest BCUT2D eigenvalue weighted by Crippen LogP contribution is -2.33. The smallest absolute Gasteiger partial charge is 0.279 e. The number of benzene rings is 2. The van der Waals surface area contributed by atoms with Gasteiger partial charge in [-0.25, -0.2) is 4.99 Å². The Morgan fingerprint density at radius 1 is 1.12 bits per heavy atom. The highest BCUT2D eigenvalue weighted by Crippen LogP contribution is 2.33. The van der Waals surface area contributed by atoms with Crippen LogP contribution in [0.2, 0.25) is 0 Å². The standard InChI is InChI=1S/C17H11BrN2O3S/c18-11-2-4-12(5-3-11)20-16(21)13(19-17(20)24)7-10-1-6-14-15(8-10)23-9-22-14/h1-6,8H,7,9H2. The summed E-state index contributed by atoms with van der Waals surface area (Å²) < 4.78 is 11.6. The molecule has 2 heterocycles. The van der Waals surface area contributed by atoms with Gasteiger partial charge in [0, 0.05) is 10.9 Å². The van der Waals surface area contributed by atoms with Gasteiger partial charge in [0.2, 0.25) is 11.9 Å². The molecule has 0 N–H and O–H groups in total. The molecule has 24 heavy (non-hydrogen) atoms. The molecule has 7 heteroatoms. The number of fused-ring (bicyclic) bond motifs is 1. The molecule has 0 aliphatic carbocycles. The lowest BCUT2D eigenvalue weighted by molar-refractivity contribution is -0.111. The van der Waals surface area contributed by atoms with E-state index in [2.05, 4.69) is 20.9 Å². The van der Waals surface area contributed by atoms with Crippen molar-refractivity contribution in [2.75, 3.05) is 11.7 Å². The number of hydrogen-bond donors (Lipinski definition) is 0. The topological polar surface area (TPSA) is 51.1 Å². The molecule has 0 unspecified atom stereocenters. The molecule has 0 radical (unpaired) electrons. The number of aliphatic imine (C=N–C) groups is 1. The third-order valence-corrected chi connectivity index (χ3v) is 4.57. The molecule has 0 fully saturated rings. The molecule has 0 spiro atoms. The van der Waals surface area contributed by atoms with Gasteiger partial charge in [-0.05, 0) is 54.2 Å². The van der Waals surface area contributed by atoms with Crippen LogP contribution in [0.3, 0.4) is 0 Å². The monoisotopic (exact) mass is 402 g/mol. The van der Waals surface area contributed by atoms with Crippen LogP contribution in [-0.2, 0) is 11.2 Å². The van der Waals surface area contributed by atoms with Crippen molar-refractivity contribution in [2.24, 2.45) is 4.99 Å². The Balaban J connectivity index is 1.56. The molecule has 2 aromatic carbocycles. The average Bonchev–Trinajstić information content (AvgIpc) is 3.13. The summed E-state index contributed by atoms with van der Waals surface area (Å²) in [6, 6.07) is 13.0. The summed E-state index contributed by atoms with van der Waals surface area (Å²) in [4.78, 5) is 18.4. The first-order chi connectivity index (χ1) is 11.6. The van der Waals surface area contributed by atoms with Crippen molar-refractivity contribution in [2.45, 2.75) is 6.42 Å². The SMILES string of the molecule is O=C1C(Cc2ccc3c(c2)OCO3)=NC(=S)N1c1ccc(Br)cc1. The minimum Gasteiger partial charge on any atom is -0.454 e. The van der Waals surface area contributed by atoms with E-state index in [0.717, 1.165) is 10.0 Å². The molecule has 2 aliphatic rings. The molecular formula is C17H11BrN2O3S. The molecule has 2 aliphatic heterocycles. The van der Waals surface area contributed by atoms with E-state index in [-0.39, 0.29) is 17.8 Å². The molecule has 4 rings (SSSR count). The number of carbonyl (C=O) groups excluding carboxylic acids is 1. The van der Waals surface area contributed by atoms with Gasteiger partial charge in [-0.1, -0.05) is 22.0 Å². The van der Waals surface area contributed by atoms with Gasteiger partial charge in [0.15, 0.2) is 11.5 Å². The Bertz CT molecular complexity index is 880. The van der Waals surface area contributed by atoms with Crippen LogP contribution in [0.5, 0.6) is 11.5 Å². The summed E-state index contributed by atoms with van der Waals surface area (Å²) in [7, 11) is 0. The number of nitrogens with zero attached hydrogens (tertiary/aromatic N) is 2. The third-order valence-electron chi connectivity index (χ3n) is 3.77. The fourth-order valence-corrected chi connectivity index (χ4v) is 3.17. The molecule has 5 nitrogen and oxygen atoms in total. The number of anilines is 1. The molecule has 0 aromatic heterocycles. The van der Waals surface area contributed by atoms with Crippen LogP contribution in [0.15, 0.2) is 51.9 Å². The van der Waals surface area contributed by atoms with Crippen molar-refractivity contribution in [3.8, 4) is 11.5 Å². The Labute approximate surface area is 152 Å². The second-order valence-electron chi connectivity index (χ2n) is 5.32. The predicted molar refractivity (Wildman–Crippen MR) is 97.9 cm³/mol. The number of amides is 1. The van der Waals surface area contributed by atoms with Crippen molar-refractivity contribution in [3.63, 3.8) is 0 Å². The maximum Gasteiger partial charge on any atom is 0.279 e. The van der Waals surface area contributed by atoms with E-state index >= 15 is 0 Å². The molecule has 0 atom stereocenters. The van der Waals surface area contributed by atoms with Crippen LogP contribution < -0.4 is 14.4 Å². The number of carbonyl (C=O) groups is 1. The van der Waals surface area contributed by atoms with Crippen LogP contribution >= 0.6 is 28.1 Å². The van der Waals surface area contributed by atoms with Gasteiger partial charge in [0.25, 0.3) is 5.91 Å². The van der Waals surface area contributed by atoms with Crippen LogP contribution in [0, 0.1) is 0 Å². The maximum atomic E-state index is 12.7. The molecule has 120 valence electrons. The van der Waals surface area contributed by atoms with Gasteiger partial charge >= 0.3 is 0 Å². The Morgan fingerprint density at radius 3 is 2.67 bits per heavy atom. The summed E-state index contributed by atoms with van der Waals surface area (Å²) in [5.74, 6) is 1.20. The van der Waals surface area contributed by atoms with E-state index < -0.39 is 0 Å². The minimum absolute atomic E-state index is 0.194. The molecule has 1 amide bonds. The summed E-state index contributed by atoms with van der Waals surface area (Å²) in [5.41, 5.74) is 2.05. The Morgan fingerprint density at radius 2 is 1.88 bits per heavy atom. The zero-order valence-electron chi connectivity index (χ0n) is 12.4. The van der Waals surface area contributed by atoms with Gasteiger partial charge in [-0.2, -0.15) is 0 Å². The van der Waals surface area contributed by atoms with Crippen molar-refractivity contribution in [1.29, 1.82) is 0 Å². The van der Waals surface area contributed by atoms with Crippen molar-refractivity contribution >= 4 is 50.6 Å². The van der Waals surface area contributed by atoms with E-state index in [1.54, 1.807) is 0 Å². The quantitative estimate of drug-likeness (QED) is 0.737.